The minimum absolute atomic E-state index is 0.0109. The third-order valence-corrected chi connectivity index (χ3v) is 4.00. The maximum Gasteiger partial charge on any atom is 0.182 e. The fourth-order valence-electron chi connectivity index (χ4n) is 2.62. The van der Waals surface area contributed by atoms with Crippen molar-refractivity contribution in [1.82, 2.24) is 5.32 Å². The van der Waals surface area contributed by atoms with Gasteiger partial charge in [0.15, 0.2) is 11.6 Å². The number of nitrogens with one attached hydrogen (secondary N) is 1. The molecule has 1 heterocycles. The predicted octanol–water partition coefficient (Wildman–Crippen LogP) is 2.93. The molecule has 1 aromatic rings. The predicted molar refractivity (Wildman–Crippen MR) is 69.9 cm³/mol. The van der Waals surface area contributed by atoms with Crippen LogP contribution in [0, 0.1) is 11.6 Å². The molecule has 0 aliphatic carbocycles. The maximum absolute atomic E-state index is 13.8. The van der Waals surface area contributed by atoms with E-state index < -0.39 is 11.6 Å². The number of halogens is 2. The second-order valence-electron chi connectivity index (χ2n) is 4.91. The summed E-state index contributed by atoms with van der Waals surface area (Å²) in [5.41, 5.74) is 0.388. The fourth-order valence-corrected chi connectivity index (χ4v) is 2.62. The molecule has 0 amide bonds. The Kier molecular flexibility index (Phi) is 3.85. The van der Waals surface area contributed by atoms with Gasteiger partial charge in [-0.15, -0.1) is 0 Å². The summed E-state index contributed by atoms with van der Waals surface area (Å²) in [5, 5.41) is 3.51. The van der Waals surface area contributed by atoms with E-state index in [2.05, 4.69) is 19.2 Å². The highest BCUT2D eigenvalue weighted by atomic mass is 19.2. The van der Waals surface area contributed by atoms with E-state index in [0.29, 0.717) is 12.2 Å². The van der Waals surface area contributed by atoms with E-state index in [1.165, 1.54) is 0 Å². The maximum atomic E-state index is 13.8. The number of benzene rings is 1. The standard InChI is InChI=1S/C14H20F2N2/c1-3-14(4-2)10-18(9-8-17-14)12-7-5-6-11(15)13(12)16/h5-7,17H,3-4,8-10H2,1-2H3. The topological polar surface area (TPSA) is 15.3 Å². The quantitative estimate of drug-likeness (QED) is 0.892. The van der Waals surface area contributed by atoms with E-state index in [-0.39, 0.29) is 5.54 Å². The van der Waals surface area contributed by atoms with Crippen LogP contribution in [0.25, 0.3) is 0 Å². The van der Waals surface area contributed by atoms with E-state index in [9.17, 15) is 8.78 Å². The Morgan fingerprint density at radius 3 is 2.67 bits per heavy atom. The van der Waals surface area contributed by atoms with Crippen molar-refractivity contribution in [2.75, 3.05) is 24.5 Å². The summed E-state index contributed by atoms with van der Waals surface area (Å²) < 4.78 is 27.1. The van der Waals surface area contributed by atoms with Crippen molar-refractivity contribution in [2.24, 2.45) is 0 Å². The summed E-state index contributed by atoms with van der Waals surface area (Å²) in [5.74, 6) is -1.51. The van der Waals surface area contributed by atoms with E-state index in [0.717, 1.165) is 32.0 Å². The molecule has 0 unspecified atom stereocenters. The first-order chi connectivity index (χ1) is 8.62. The highest BCUT2D eigenvalue weighted by molar-refractivity contribution is 5.49. The lowest BCUT2D eigenvalue weighted by Gasteiger charge is -2.44. The van der Waals surface area contributed by atoms with Gasteiger partial charge in [-0.1, -0.05) is 19.9 Å². The Labute approximate surface area is 107 Å². The van der Waals surface area contributed by atoms with Crippen LogP contribution in [-0.4, -0.2) is 25.2 Å². The summed E-state index contributed by atoms with van der Waals surface area (Å²) in [6.07, 6.45) is 1.97. The van der Waals surface area contributed by atoms with Crippen LogP contribution < -0.4 is 10.2 Å². The number of anilines is 1. The molecule has 2 rings (SSSR count). The van der Waals surface area contributed by atoms with Crippen LogP contribution in [0.15, 0.2) is 18.2 Å². The Hall–Kier alpha value is -1.16. The molecule has 1 aliphatic heterocycles. The Morgan fingerprint density at radius 2 is 2.00 bits per heavy atom. The van der Waals surface area contributed by atoms with Gasteiger partial charge in [0.1, 0.15) is 0 Å². The van der Waals surface area contributed by atoms with Crippen LogP contribution in [0.4, 0.5) is 14.5 Å². The molecule has 1 aliphatic rings. The highest BCUT2D eigenvalue weighted by Crippen LogP contribution is 2.27. The highest BCUT2D eigenvalue weighted by Gasteiger charge is 2.32. The van der Waals surface area contributed by atoms with Crippen molar-refractivity contribution in [3.8, 4) is 0 Å². The minimum Gasteiger partial charge on any atom is -0.366 e. The van der Waals surface area contributed by atoms with Gasteiger partial charge in [-0.05, 0) is 25.0 Å². The van der Waals surface area contributed by atoms with E-state index in [1.54, 1.807) is 12.1 Å². The lowest BCUT2D eigenvalue weighted by molar-refractivity contribution is 0.276. The van der Waals surface area contributed by atoms with Crippen LogP contribution in [-0.2, 0) is 0 Å². The first-order valence-corrected chi connectivity index (χ1v) is 6.56. The largest absolute Gasteiger partial charge is 0.366 e. The Balaban J connectivity index is 2.26. The second-order valence-corrected chi connectivity index (χ2v) is 4.91. The number of piperazine rings is 1. The molecule has 2 nitrogen and oxygen atoms in total. The van der Waals surface area contributed by atoms with Crippen molar-refractivity contribution >= 4 is 5.69 Å². The first kappa shape index (κ1) is 13.3. The molecule has 1 N–H and O–H groups in total. The van der Waals surface area contributed by atoms with Gasteiger partial charge < -0.3 is 10.2 Å². The van der Waals surface area contributed by atoms with Crippen LogP contribution in [0.1, 0.15) is 26.7 Å². The van der Waals surface area contributed by atoms with Crippen molar-refractivity contribution in [1.29, 1.82) is 0 Å². The van der Waals surface area contributed by atoms with Crippen molar-refractivity contribution in [3.63, 3.8) is 0 Å². The van der Waals surface area contributed by atoms with Crippen LogP contribution in [0.5, 0.6) is 0 Å². The molecule has 18 heavy (non-hydrogen) atoms. The van der Waals surface area contributed by atoms with Crippen LogP contribution >= 0.6 is 0 Å². The minimum atomic E-state index is -0.773. The SMILES string of the molecule is CCC1(CC)CN(c2cccc(F)c2F)CCN1. The van der Waals surface area contributed by atoms with Gasteiger partial charge in [0.2, 0.25) is 0 Å². The smallest absolute Gasteiger partial charge is 0.182 e. The molecule has 1 saturated heterocycles. The summed E-state index contributed by atoms with van der Waals surface area (Å²) >= 11 is 0. The number of hydrogen-bond acceptors (Lipinski definition) is 2. The lowest BCUT2D eigenvalue weighted by Crippen LogP contribution is -2.60. The van der Waals surface area contributed by atoms with Gasteiger partial charge in [-0.25, -0.2) is 8.78 Å². The lowest BCUT2D eigenvalue weighted by atomic mass is 9.90. The van der Waals surface area contributed by atoms with Gasteiger partial charge in [-0.2, -0.15) is 0 Å². The molecule has 0 saturated carbocycles. The van der Waals surface area contributed by atoms with Gasteiger partial charge >= 0.3 is 0 Å². The third-order valence-electron chi connectivity index (χ3n) is 4.00. The molecule has 0 aromatic heterocycles. The molecule has 100 valence electrons. The summed E-state index contributed by atoms with van der Waals surface area (Å²) in [6.45, 7) is 6.49. The zero-order valence-electron chi connectivity index (χ0n) is 11.0. The summed E-state index contributed by atoms with van der Waals surface area (Å²) in [4.78, 5) is 1.95. The molecule has 0 bridgehead atoms. The van der Waals surface area contributed by atoms with E-state index in [4.69, 9.17) is 0 Å². The molecular weight excluding hydrogens is 234 g/mol. The van der Waals surface area contributed by atoms with Crippen molar-refractivity contribution in [2.45, 2.75) is 32.2 Å². The molecular formula is C14H20F2N2. The fraction of sp³-hybridized carbons (Fsp3) is 0.571. The second kappa shape index (κ2) is 5.22. The van der Waals surface area contributed by atoms with Crippen LogP contribution in [0.2, 0.25) is 0 Å². The zero-order valence-corrected chi connectivity index (χ0v) is 11.0. The first-order valence-electron chi connectivity index (χ1n) is 6.56. The van der Waals surface area contributed by atoms with Crippen molar-refractivity contribution < 1.29 is 8.78 Å². The molecule has 0 atom stereocenters. The van der Waals surface area contributed by atoms with Gasteiger partial charge in [0, 0.05) is 25.2 Å². The Bertz CT molecular complexity index is 416. The molecule has 1 fully saturated rings. The van der Waals surface area contributed by atoms with E-state index >= 15 is 0 Å². The van der Waals surface area contributed by atoms with Gasteiger partial charge in [0.05, 0.1) is 5.69 Å². The number of hydrogen-bond donors (Lipinski definition) is 1. The van der Waals surface area contributed by atoms with Gasteiger partial charge in [0.25, 0.3) is 0 Å². The average molecular weight is 254 g/mol. The molecule has 4 heteroatoms. The normalized spacial score (nSPS) is 19.0. The number of rotatable bonds is 3. The zero-order chi connectivity index (χ0) is 13.2. The summed E-state index contributed by atoms with van der Waals surface area (Å²) in [7, 11) is 0. The van der Waals surface area contributed by atoms with Gasteiger partial charge in [-0.3, -0.25) is 0 Å². The van der Waals surface area contributed by atoms with Crippen molar-refractivity contribution in [3.05, 3.63) is 29.8 Å². The molecule has 0 radical (unpaired) electrons. The monoisotopic (exact) mass is 254 g/mol. The van der Waals surface area contributed by atoms with Crippen LogP contribution in [0.3, 0.4) is 0 Å². The average Bonchev–Trinajstić information content (AvgIpc) is 2.42. The Morgan fingerprint density at radius 1 is 1.28 bits per heavy atom. The third kappa shape index (κ3) is 2.34. The summed E-state index contributed by atoms with van der Waals surface area (Å²) in [6, 6.07) is 4.38. The number of nitrogens with zero attached hydrogens (tertiary/aromatic N) is 1. The molecule has 1 aromatic carbocycles. The van der Waals surface area contributed by atoms with E-state index in [1.807, 2.05) is 4.90 Å². The molecule has 0 spiro atoms.